The molecule has 136 valence electrons. The van der Waals surface area contributed by atoms with Crippen LogP contribution in [-0.4, -0.2) is 11.1 Å². The number of carbonyl (C=O) groups is 1. The lowest BCUT2D eigenvalue weighted by atomic mass is 9.94. The van der Waals surface area contributed by atoms with Crippen LogP contribution in [0.15, 0.2) is 65.5 Å². The van der Waals surface area contributed by atoms with E-state index in [1.165, 1.54) is 0 Å². The summed E-state index contributed by atoms with van der Waals surface area (Å²) in [6.45, 7) is 7.95. The Kier molecular flexibility index (Phi) is 6.51. The number of aromatic carboxylic acids is 1. The summed E-state index contributed by atoms with van der Waals surface area (Å²) in [5, 5.41) is 10.9. The number of benzene rings is 2. The first-order valence-corrected chi connectivity index (χ1v) is 9.03. The molecule has 0 bridgehead atoms. The van der Waals surface area contributed by atoms with Crippen LogP contribution in [0, 0.1) is 0 Å². The Morgan fingerprint density at radius 2 is 1.88 bits per heavy atom. The van der Waals surface area contributed by atoms with Crippen molar-refractivity contribution in [2.24, 2.45) is 0 Å². The average molecular weight is 352 g/mol. The zero-order chi connectivity index (χ0) is 19.3. The molecule has 0 spiro atoms. The normalized spacial score (nSPS) is 14.2. The second kappa shape index (κ2) is 8.61. The summed E-state index contributed by atoms with van der Waals surface area (Å²) in [4.78, 5) is 11.3. The fourth-order valence-electron chi connectivity index (χ4n) is 3.09. The monoisotopic (exact) mass is 352 g/mol. The first kappa shape index (κ1) is 19.6. The molecule has 0 heterocycles. The van der Waals surface area contributed by atoms with Crippen molar-refractivity contribution in [3.63, 3.8) is 0 Å². The molecule has 2 aromatic carbocycles. The van der Waals surface area contributed by atoms with Gasteiger partial charge in [-0.3, -0.25) is 0 Å². The Morgan fingerprint density at radius 3 is 2.54 bits per heavy atom. The van der Waals surface area contributed by atoms with Gasteiger partial charge in [0.25, 0.3) is 0 Å². The molecule has 2 nitrogen and oxygen atoms in total. The summed E-state index contributed by atoms with van der Waals surface area (Å²) < 4.78 is 15.1. The molecular formula is C23H25FO2. The highest BCUT2D eigenvalue weighted by Crippen LogP contribution is 2.36. The topological polar surface area (TPSA) is 37.3 Å². The zero-order valence-electron chi connectivity index (χ0n) is 15.8. The summed E-state index contributed by atoms with van der Waals surface area (Å²) >= 11 is 0. The van der Waals surface area contributed by atoms with Gasteiger partial charge in [-0.2, -0.15) is 0 Å². The van der Waals surface area contributed by atoms with Crippen molar-refractivity contribution in [2.45, 2.75) is 40.5 Å². The molecule has 0 amide bonds. The standard InChI is InChI=1S/C21H19FO2.C2H6/c1-3-14-11-13(2)7-10-18(20(14)22)17-6-4-5-15-8-9-16(21(23)24)12-19(15)17;1-2/h4-10,12H,3,11H2,1-2H3,(H,23,24);1-2H3. The largest absolute Gasteiger partial charge is 0.478 e. The van der Waals surface area contributed by atoms with Crippen molar-refractivity contribution in [1.29, 1.82) is 0 Å². The van der Waals surface area contributed by atoms with Crippen LogP contribution in [-0.2, 0) is 0 Å². The lowest BCUT2D eigenvalue weighted by Gasteiger charge is -2.12. The average Bonchev–Trinajstić information content (AvgIpc) is 2.80. The van der Waals surface area contributed by atoms with Crippen molar-refractivity contribution in [2.75, 3.05) is 0 Å². The van der Waals surface area contributed by atoms with Gasteiger partial charge in [0.2, 0.25) is 0 Å². The van der Waals surface area contributed by atoms with Crippen LogP contribution >= 0.6 is 0 Å². The number of carboxylic acids is 1. The maximum absolute atomic E-state index is 15.1. The molecule has 3 heteroatoms. The van der Waals surface area contributed by atoms with E-state index in [1.54, 1.807) is 24.3 Å². The van der Waals surface area contributed by atoms with E-state index >= 15 is 4.39 Å². The fraction of sp³-hybridized carbons (Fsp3) is 0.261. The Morgan fingerprint density at radius 1 is 1.15 bits per heavy atom. The van der Waals surface area contributed by atoms with Gasteiger partial charge in [-0.1, -0.05) is 62.8 Å². The predicted octanol–water partition coefficient (Wildman–Crippen LogP) is 6.93. The smallest absolute Gasteiger partial charge is 0.335 e. The van der Waals surface area contributed by atoms with Crippen LogP contribution < -0.4 is 0 Å². The van der Waals surface area contributed by atoms with E-state index in [4.69, 9.17) is 0 Å². The highest BCUT2D eigenvalue weighted by Gasteiger charge is 2.17. The predicted molar refractivity (Wildman–Crippen MR) is 107 cm³/mol. The first-order chi connectivity index (χ1) is 12.5. The number of allylic oxidation sites excluding steroid dienone is 6. The molecule has 1 aliphatic carbocycles. The first-order valence-electron chi connectivity index (χ1n) is 9.03. The molecule has 0 fully saturated rings. The maximum atomic E-state index is 15.1. The molecule has 0 atom stereocenters. The minimum absolute atomic E-state index is 0.196. The molecule has 0 saturated carbocycles. The van der Waals surface area contributed by atoms with Crippen molar-refractivity contribution < 1.29 is 14.3 Å². The lowest BCUT2D eigenvalue weighted by molar-refractivity contribution is 0.0697. The van der Waals surface area contributed by atoms with Crippen LogP contribution in [0.1, 0.15) is 56.5 Å². The third-order valence-electron chi connectivity index (χ3n) is 4.42. The van der Waals surface area contributed by atoms with Gasteiger partial charge in [-0.05, 0) is 53.8 Å². The van der Waals surface area contributed by atoms with Crippen LogP contribution in [0.25, 0.3) is 16.3 Å². The number of carboxylic acid groups (broad SMARTS) is 1. The van der Waals surface area contributed by atoms with E-state index in [1.807, 2.05) is 52.0 Å². The molecule has 1 N–H and O–H groups in total. The summed E-state index contributed by atoms with van der Waals surface area (Å²) in [7, 11) is 0. The van der Waals surface area contributed by atoms with E-state index in [0.29, 0.717) is 18.4 Å². The van der Waals surface area contributed by atoms with E-state index in [-0.39, 0.29) is 11.4 Å². The van der Waals surface area contributed by atoms with Gasteiger partial charge < -0.3 is 5.11 Å². The Balaban J connectivity index is 0.00000117. The van der Waals surface area contributed by atoms with Crippen molar-refractivity contribution in [3.05, 3.63) is 76.7 Å². The molecule has 0 aliphatic heterocycles. The Labute approximate surface area is 154 Å². The highest BCUT2D eigenvalue weighted by molar-refractivity contribution is 6.01. The SMILES string of the molecule is CC.CCC1=C(F)C(c2cccc3ccc(C(=O)O)cc23)=CC=C(C)C1. The summed E-state index contributed by atoms with van der Waals surface area (Å²) in [6, 6.07) is 10.6. The maximum Gasteiger partial charge on any atom is 0.335 e. The second-order valence-corrected chi connectivity index (χ2v) is 6.09. The van der Waals surface area contributed by atoms with Gasteiger partial charge in [0.05, 0.1) is 5.56 Å². The summed E-state index contributed by atoms with van der Waals surface area (Å²) in [5.74, 6) is -1.18. The van der Waals surface area contributed by atoms with E-state index < -0.39 is 5.97 Å². The molecule has 0 radical (unpaired) electrons. The van der Waals surface area contributed by atoms with Crippen LogP contribution in [0.4, 0.5) is 4.39 Å². The third kappa shape index (κ3) is 3.93. The van der Waals surface area contributed by atoms with Crippen LogP contribution in [0.5, 0.6) is 0 Å². The number of hydrogen-bond acceptors (Lipinski definition) is 1. The molecule has 0 saturated heterocycles. The Hall–Kier alpha value is -2.68. The van der Waals surface area contributed by atoms with Crippen molar-refractivity contribution in [1.82, 2.24) is 0 Å². The van der Waals surface area contributed by atoms with E-state index in [9.17, 15) is 9.90 Å². The second-order valence-electron chi connectivity index (χ2n) is 6.09. The van der Waals surface area contributed by atoms with E-state index in [2.05, 4.69) is 0 Å². The number of hydrogen-bond donors (Lipinski definition) is 1. The highest BCUT2D eigenvalue weighted by atomic mass is 19.1. The lowest BCUT2D eigenvalue weighted by Crippen LogP contribution is -1.97. The molecule has 0 unspecified atom stereocenters. The van der Waals surface area contributed by atoms with Gasteiger partial charge in [-0.25, -0.2) is 9.18 Å². The molecule has 0 aromatic heterocycles. The summed E-state index contributed by atoms with van der Waals surface area (Å²) in [5.41, 5.74) is 3.35. The van der Waals surface area contributed by atoms with Crippen molar-refractivity contribution >= 4 is 22.3 Å². The molecule has 1 aliphatic rings. The molecule has 2 aromatic rings. The number of halogens is 1. The summed E-state index contributed by atoms with van der Waals surface area (Å²) in [6.07, 6.45) is 5.03. The molecule has 26 heavy (non-hydrogen) atoms. The Bertz CT molecular complexity index is 917. The van der Waals surface area contributed by atoms with Gasteiger partial charge >= 0.3 is 5.97 Å². The number of fused-ring (bicyclic) bond motifs is 1. The van der Waals surface area contributed by atoms with Gasteiger partial charge in [0.15, 0.2) is 0 Å². The number of rotatable bonds is 3. The van der Waals surface area contributed by atoms with Gasteiger partial charge in [0, 0.05) is 5.57 Å². The molecule has 3 rings (SSSR count). The van der Waals surface area contributed by atoms with Crippen molar-refractivity contribution in [3.8, 4) is 0 Å². The van der Waals surface area contributed by atoms with E-state index in [0.717, 1.165) is 27.5 Å². The fourth-order valence-corrected chi connectivity index (χ4v) is 3.09. The van der Waals surface area contributed by atoms with Crippen LogP contribution in [0.2, 0.25) is 0 Å². The minimum atomic E-state index is -0.984. The van der Waals surface area contributed by atoms with Crippen LogP contribution in [0.3, 0.4) is 0 Å². The molecular weight excluding hydrogens is 327 g/mol. The quantitative estimate of drug-likeness (QED) is 0.650. The zero-order valence-corrected chi connectivity index (χ0v) is 15.8. The van der Waals surface area contributed by atoms with Gasteiger partial charge in [0.1, 0.15) is 5.83 Å². The third-order valence-corrected chi connectivity index (χ3v) is 4.42. The minimum Gasteiger partial charge on any atom is -0.478 e. The van der Waals surface area contributed by atoms with Gasteiger partial charge in [-0.15, -0.1) is 0 Å².